The summed E-state index contributed by atoms with van der Waals surface area (Å²) in [6, 6.07) is 14.8. The molecule has 0 amide bonds. The molecule has 0 fully saturated rings. The zero-order valence-corrected chi connectivity index (χ0v) is 12.6. The summed E-state index contributed by atoms with van der Waals surface area (Å²) in [5.41, 5.74) is 7.47. The molecule has 2 aromatic carbocycles. The molecule has 0 aromatic heterocycles. The maximum absolute atomic E-state index is 8.95. The number of halogens is 2. The molecule has 4 N–H and O–H groups in total. The van der Waals surface area contributed by atoms with Gasteiger partial charge in [-0.2, -0.15) is 0 Å². The average Bonchev–Trinajstić information content (AvgIpc) is 2.50. The number of oxime groups is 1. The Bertz CT molecular complexity index is 632. The van der Waals surface area contributed by atoms with Crippen LogP contribution in [0.1, 0.15) is 11.5 Å². The van der Waals surface area contributed by atoms with Gasteiger partial charge in [0.1, 0.15) is 5.84 Å². The van der Waals surface area contributed by atoms with Crippen molar-refractivity contribution < 1.29 is 5.21 Å². The van der Waals surface area contributed by atoms with Gasteiger partial charge < -0.3 is 16.3 Å². The van der Waals surface area contributed by atoms with E-state index in [1.165, 1.54) is 0 Å². The molecule has 0 bridgehead atoms. The lowest BCUT2D eigenvalue weighted by atomic mass is 9.98. The highest BCUT2D eigenvalue weighted by molar-refractivity contribution is 6.36. The number of rotatable bonds is 5. The van der Waals surface area contributed by atoms with Crippen LogP contribution in [0.5, 0.6) is 0 Å². The van der Waals surface area contributed by atoms with Crippen molar-refractivity contribution in [2.24, 2.45) is 10.9 Å². The quantitative estimate of drug-likeness (QED) is 0.338. The Labute approximate surface area is 133 Å². The van der Waals surface area contributed by atoms with Crippen molar-refractivity contribution in [2.75, 3.05) is 11.9 Å². The van der Waals surface area contributed by atoms with Crippen molar-refractivity contribution >= 4 is 34.7 Å². The third kappa shape index (κ3) is 4.03. The van der Waals surface area contributed by atoms with Gasteiger partial charge in [-0.1, -0.05) is 58.7 Å². The van der Waals surface area contributed by atoms with E-state index in [-0.39, 0.29) is 11.8 Å². The molecule has 0 aliphatic heterocycles. The fourth-order valence-corrected chi connectivity index (χ4v) is 2.47. The molecule has 4 nitrogen and oxygen atoms in total. The second kappa shape index (κ2) is 7.20. The second-order valence-electron chi connectivity index (χ2n) is 4.49. The van der Waals surface area contributed by atoms with Gasteiger partial charge in [-0.05, 0) is 23.8 Å². The van der Waals surface area contributed by atoms with Crippen LogP contribution in [-0.2, 0) is 0 Å². The van der Waals surface area contributed by atoms with Gasteiger partial charge in [0.15, 0.2) is 0 Å². The monoisotopic (exact) mass is 323 g/mol. The number of nitrogens with zero attached hydrogens (tertiary/aromatic N) is 1. The summed E-state index contributed by atoms with van der Waals surface area (Å²) in [5.74, 6) is -0.123. The summed E-state index contributed by atoms with van der Waals surface area (Å²) in [7, 11) is 0. The Balaban J connectivity index is 2.17. The van der Waals surface area contributed by atoms with E-state index in [1.807, 2.05) is 30.3 Å². The van der Waals surface area contributed by atoms with Crippen LogP contribution in [0.4, 0.5) is 5.69 Å². The second-order valence-corrected chi connectivity index (χ2v) is 5.34. The first kappa shape index (κ1) is 15.5. The molecule has 21 heavy (non-hydrogen) atoms. The number of amidine groups is 1. The van der Waals surface area contributed by atoms with Gasteiger partial charge >= 0.3 is 0 Å². The topological polar surface area (TPSA) is 70.6 Å². The molecule has 0 saturated heterocycles. The minimum Gasteiger partial charge on any atom is -0.409 e. The number of hydrogen-bond acceptors (Lipinski definition) is 3. The third-order valence-electron chi connectivity index (χ3n) is 3.10. The van der Waals surface area contributed by atoms with Gasteiger partial charge in [0.05, 0.1) is 16.6 Å². The molecule has 1 unspecified atom stereocenters. The van der Waals surface area contributed by atoms with Crippen molar-refractivity contribution in [3.63, 3.8) is 0 Å². The molecule has 0 radical (unpaired) electrons. The van der Waals surface area contributed by atoms with Gasteiger partial charge in [-0.15, -0.1) is 0 Å². The molecular weight excluding hydrogens is 309 g/mol. The zero-order chi connectivity index (χ0) is 15.2. The van der Waals surface area contributed by atoms with E-state index >= 15 is 0 Å². The van der Waals surface area contributed by atoms with Gasteiger partial charge in [0.25, 0.3) is 0 Å². The minimum absolute atomic E-state index is 0.138. The maximum Gasteiger partial charge on any atom is 0.148 e. The summed E-state index contributed by atoms with van der Waals surface area (Å²) >= 11 is 12.0. The number of nitrogens with two attached hydrogens (primary N) is 1. The average molecular weight is 324 g/mol. The van der Waals surface area contributed by atoms with Crippen LogP contribution in [-0.4, -0.2) is 17.6 Å². The molecule has 0 aliphatic rings. The number of hydrogen-bond donors (Lipinski definition) is 3. The Morgan fingerprint density at radius 1 is 1.19 bits per heavy atom. The van der Waals surface area contributed by atoms with Gasteiger partial charge in [-0.25, -0.2) is 0 Å². The SMILES string of the molecule is NC(=NO)C(CNc1ccc(Cl)cc1Cl)c1ccccc1. The molecule has 0 saturated carbocycles. The van der Waals surface area contributed by atoms with Crippen LogP contribution in [0.15, 0.2) is 53.7 Å². The molecule has 0 spiro atoms. The van der Waals surface area contributed by atoms with Crippen LogP contribution in [0, 0.1) is 0 Å². The van der Waals surface area contributed by atoms with Crippen LogP contribution < -0.4 is 11.1 Å². The summed E-state index contributed by atoms with van der Waals surface area (Å²) in [6.07, 6.45) is 0. The predicted octanol–water partition coefficient (Wildman–Crippen LogP) is 3.94. The van der Waals surface area contributed by atoms with E-state index in [9.17, 15) is 0 Å². The summed E-state index contributed by atoms with van der Waals surface area (Å²) in [6.45, 7) is 0.446. The van der Waals surface area contributed by atoms with E-state index in [2.05, 4.69) is 10.5 Å². The van der Waals surface area contributed by atoms with E-state index in [0.29, 0.717) is 16.6 Å². The molecule has 6 heteroatoms. The first-order valence-electron chi connectivity index (χ1n) is 6.33. The Morgan fingerprint density at radius 2 is 1.90 bits per heavy atom. The lowest BCUT2D eigenvalue weighted by Crippen LogP contribution is -2.28. The fraction of sp³-hybridized carbons (Fsp3) is 0.133. The van der Waals surface area contributed by atoms with Gasteiger partial charge in [0, 0.05) is 11.6 Å². The number of benzene rings is 2. The molecule has 110 valence electrons. The summed E-state index contributed by atoms with van der Waals surface area (Å²) in [5, 5.41) is 16.3. The molecule has 2 aromatic rings. The predicted molar refractivity (Wildman–Crippen MR) is 87.5 cm³/mol. The maximum atomic E-state index is 8.95. The summed E-state index contributed by atoms with van der Waals surface area (Å²) < 4.78 is 0. The normalized spacial score (nSPS) is 13.0. The smallest absolute Gasteiger partial charge is 0.148 e. The molecule has 0 aliphatic carbocycles. The fourth-order valence-electron chi connectivity index (χ4n) is 1.99. The standard InChI is InChI=1S/C15H15Cl2N3O/c16-11-6-7-14(13(17)8-11)19-9-12(15(18)20-21)10-4-2-1-3-5-10/h1-8,12,19,21H,9H2,(H2,18,20). The zero-order valence-electron chi connectivity index (χ0n) is 11.1. The number of nitrogens with one attached hydrogen (secondary N) is 1. The summed E-state index contributed by atoms with van der Waals surface area (Å²) in [4.78, 5) is 0. The van der Waals surface area contributed by atoms with E-state index in [0.717, 1.165) is 11.3 Å². The first-order valence-corrected chi connectivity index (χ1v) is 7.08. The highest BCUT2D eigenvalue weighted by Gasteiger charge is 2.16. The molecule has 2 rings (SSSR count). The lowest BCUT2D eigenvalue weighted by Gasteiger charge is -2.18. The Hall–Kier alpha value is -1.91. The van der Waals surface area contributed by atoms with Crippen LogP contribution >= 0.6 is 23.2 Å². The first-order chi connectivity index (χ1) is 10.1. The van der Waals surface area contributed by atoms with Crippen molar-refractivity contribution in [1.29, 1.82) is 0 Å². The van der Waals surface area contributed by atoms with Crippen molar-refractivity contribution in [1.82, 2.24) is 0 Å². The molecule has 1 atom stereocenters. The Morgan fingerprint density at radius 3 is 2.52 bits per heavy atom. The van der Waals surface area contributed by atoms with Crippen LogP contribution in [0.2, 0.25) is 10.0 Å². The Kier molecular flexibility index (Phi) is 5.31. The molecule has 0 heterocycles. The third-order valence-corrected chi connectivity index (χ3v) is 3.65. The lowest BCUT2D eigenvalue weighted by molar-refractivity contribution is 0.316. The highest BCUT2D eigenvalue weighted by Crippen LogP contribution is 2.26. The van der Waals surface area contributed by atoms with Gasteiger partial charge in [0.2, 0.25) is 0 Å². The minimum atomic E-state index is -0.261. The van der Waals surface area contributed by atoms with E-state index in [4.69, 9.17) is 34.1 Å². The van der Waals surface area contributed by atoms with Crippen LogP contribution in [0.3, 0.4) is 0 Å². The van der Waals surface area contributed by atoms with Crippen molar-refractivity contribution in [3.8, 4) is 0 Å². The van der Waals surface area contributed by atoms with E-state index in [1.54, 1.807) is 18.2 Å². The largest absolute Gasteiger partial charge is 0.409 e. The van der Waals surface area contributed by atoms with E-state index < -0.39 is 0 Å². The van der Waals surface area contributed by atoms with Gasteiger partial charge in [-0.3, -0.25) is 0 Å². The van der Waals surface area contributed by atoms with Crippen molar-refractivity contribution in [2.45, 2.75) is 5.92 Å². The number of anilines is 1. The molecular formula is C15H15Cl2N3O. The van der Waals surface area contributed by atoms with Crippen molar-refractivity contribution in [3.05, 3.63) is 64.1 Å². The highest BCUT2D eigenvalue weighted by atomic mass is 35.5. The van der Waals surface area contributed by atoms with Crippen LogP contribution in [0.25, 0.3) is 0 Å².